The molecule has 12 heteroatoms. The van der Waals surface area contributed by atoms with E-state index >= 15 is 0 Å². The van der Waals surface area contributed by atoms with Crippen molar-refractivity contribution < 1.29 is 32.5 Å². The number of hydrogen-bond acceptors (Lipinski definition) is 8. The molecule has 11 nitrogen and oxygen atoms in total. The number of aryl methyl sites for hydroxylation is 1. The van der Waals surface area contributed by atoms with Gasteiger partial charge in [0.15, 0.2) is 6.10 Å². The summed E-state index contributed by atoms with van der Waals surface area (Å²) in [4.78, 5) is 47.9. The molecule has 0 saturated carbocycles. The summed E-state index contributed by atoms with van der Waals surface area (Å²) in [6.07, 6.45) is -1.42. The molecular formula is C25H23N3O8S. The van der Waals surface area contributed by atoms with Gasteiger partial charge in [0, 0.05) is 23.3 Å². The number of carbonyl (C=O) groups excluding carboxylic acids is 3. The number of hydrogen-bond donors (Lipinski definition) is 2. The Hall–Kier alpha value is -4.42. The highest BCUT2D eigenvalue weighted by Crippen LogP contribution is 2.25. The molecule has 0 spiro atoms. The second kappa shape index (κ2) is 12.0. The van der Waals surface area contributed by atoms with Crippen LogP contribution in [0.2, 0.25) is 0 Å². The van der Waals surface area contributed by atoms with Gasteiger partial charge in [-0.3, -0.25) is 24.5 Å². The monoisotopic (exact) mass is 525 g/mol. The van der Waals surface area contributed by atoms with Crippen LogP contribution in [0.3, 0.4) is 0 Å². The molecule has 1 atom stereocenters. The summed E-state index contributed by atoms with van der Waals surface area (Å²) >= 11 is 0. The highest BCUT2D eigenvalue weighted by molar-refractivity contribution is 7.89. The van der Waals surface area contributed by atoms with Gasteiger partial charge in [-0.05, 0) is 31.2 Å². The number of nitro benzene ring substituents is 1. The number of nitro groups is 1. The van der Waals surface area contributed by atoms with Gasteiger partial charge in [0.25, 0.3) is 5.69 Å². The summed E-state index contributed by atoms with van der Waals surface area (Å²) < 4.78 is 32.1. The number of benzene rings is 3. The SMILES string of the molecule is Cc1ccc(S(=O)(=O)NCC(=O)NCC(=O)O[C@@H](C(=O)c2ccccc2)c2ccc([N+](=O)[O-])cc2)cc1. The van der Waals surface area contributed by atoms with Gasteiger partial charge in [-0.2, -0.15) is 0 Å². The van der Waals surface area contributed by atoms with Crippen molar-refractivity contribution in [3.8, 4) is 0 Å². The van der Waals surface area contributed by atoms with E-state index in [0.29, 0.717) is 0 Å². The Morgan fingerprint density at radius 1 is 0.919 bits per heavy atom. The van der Waals surface area contributed by atoms with E-state index in [2.05, 4.69) is 10.0 Å². The van der Waals surface area contributed by atoms with Crippen LogP contribution >= 0.6 is 0 Å². The lowest BCUT2D eigenvalue weighted by Crippen LogP contribution is -2.39. The fourth-order valence-corrected chi connectivity index (χ4v) is 4.15. The van der Waals surface area contributed by atoms with E-state index in [4.69, 9.17) is 4.74 Å². The molecule has 0 aliphatic carbocycles. The third-order valence-corrected chi connectivity index (χ3v) is 6.55. The minimum atomic E-state index is -3.94. The van der Waals surface area contributed by atoms with Crippen molar-refractivity contribution in [1.29, 1.82) is 0 Å². The highest BCUT2D eigenvalue weighted by Gasteiger charge is 2.27. The molecule has 1 amide bonds. The smallest absolute Gasteiger partial charge is 0.326 e. The Kier molecular flexibility index (Phi) is 8.82. The lowest BCUT2D eigenvalue weighted by atomic mass is 9.99. The lowest BCUT2D eigenvalue weighted by molar-refractivity contribution is -0.384. The second-order valence-electron chi connectivity index (χ2n) is 7.86. The maximum atomic E-state index is 13.0. The fraction of sp³-hybridized carbons (Fsp3) is 0.160. The summed E-state index contributed by atoms with van der Waals surface area (Å²) in [5.41, 5.74) is 1.10. The molecule has 0 bridgehead atoms. The Bertz CT molecular complexity index is 1390. The van der Waals surface area contributed by atoms with Crippen LogP contribution in [-0.2, 0) is 24.3 Å². The third-order valence-electron chi connectivity index (χ3n) is 5.14. The highest BCUT2D eigenvalue weighted by atomic mass is 32.2. The predicted octanol–water partition coefficient (Wildman–Crippen LogP) is 2.47. The molecule has 37 heavy (non-hydrogen) atoms. The molecule has 0 fully saturated rings. The summed E-state index contributed by atoms with van der Waals surface area (Å²) in [5, 5.41) is 13.2. The van der Waals surface area contributed by atoms with Gasteiger partial charge in [-0.1, -0.05) is 48.0 Å². The zero-order valence-corrected chi connectivity index (χ0v) is 20.4. The fourth-order valence-electron chi connectivity index (χ4n) is 3.17. The number of non-ortho nitro benzene ring substituents is 1. The number of nitrogens with zero attached hydrogens (tertiary/aromatic N) is 1. The van der Waals surface area contributed by atoms with E-state index in [9.17, 15) is 32.9 Å². The van der Waals surface area contributed by atoms with E-state index in [-0.39, 0.29) is 21.7 Å². The maximum absolute atomic E-state index is 13.0. The van der Waals surface area contributed by atoms with E-state index in [1.165, 1.54) is 48.5 Å². The molecule has 3 aromatic carbocycles. The maximum Gasteiger partial charge on any atom is 0.326 e. The number of esters is 1. The quantitative estimate of drug-likeness (QED) is 0.167. The molecule has 0 radical (unpaired) electrons. The van der Waals surface area contributed by atoms with Gasteiger partial charge in [0.1, 0.15) is 6.54 Å². The van der Waals surface area contributed by atoms with E-state index < -0.39 is 51.8 Å². The molecular weight excluding hydrogens is 502 g/mol. The Labute approximate surface area is 212 Å². The summed E-state index contributed by atoms with van der Waals surface area (Å²) in [5.74, 6) is -2.34. The largest absolute Gasteiger partial charge is 0.448 e. The van der Waals surface area contributed by atoms with Crippen LogP contribution in [0.5, 0.6) is 0 Å². The molecule has 2 N–H and O–H groups in total. The van der Waals surface area contributed by atoms with Gasteiger partial charge in [-0.25, -0.2) is 13.1 Å². The third kappa shape index (κ3) is 7.53. The molecule has 0 aromatic heterocycles. The van der Waals surface area contributed by atoms with Crippen molar-refractivity contribution in [1.82, 2.24) is 10.0 Å². The van der Waals surface area contributed by atoms with Gasteiger partial charge in [0.05, 0.1) is 16.4 Å². The first kappa shape index (κ1) is 27.2. The molecule has 0 aliphatic rings. The predicted molar refractivity (Wildman–Crippen MR) is 132 cm³/mol. The average molecular weight is 526 g/mol. The minimum Gasteiger partial charge on any atom is -0.448 e. The second-order valence-corrected chi connectivity index (χ2v) is 9.63. The van der Waals surface area contributed by atoms with Crippen LogP contribution in [0.4, 0.5) is 5.69 Å². The molecule has 3 aromatic rings. The Balaban J connectivity index is 1.63. The molecule has 0 unspecified atom stereocenters. The summed E-state index contributed by atoms with van der Waals surface area (Å²) in [6, 6.07) is 19.0. The van der Waals surface area contributed by atoms with Crippen molar-refractivity contribution in [3.05, 3.63) is 106 Å². The Morgan fingerprint density at radius 3 is 2.14 bits per heavy atom. The van der Waals surface area contributed by atoms with Crippen molar-refractivity contribution in [2.24, 2.45) is 0 Å². The number of rotatable bonds is 11. The van der Waals surface area contributed by atoms with Crippen molar-refractivity contribution in [2.45, 2.75) is 17.9 Å². The van der Waals surface area contributed by atoms with Gasteiger partial charge in [-0.15, -0.1) is 0 Å². The number of carbonyl (C=O) groups is 3. The van der Waals surface area contributed by atoms with E-state index in [1.807, 2.05) is 0 Å². The first-order valence-electron chi connectivity index (χ1n) is 10.9. The number of Topliss-reactive ketones (excluding diaryl/α,β-unsaturated/α-hetero) is 1. The summed E-state index contributed by atoms with van der Waals surface area (Å²) in [6.45, 7) is 0.533. The number of ether oxygens (including phenoxy) is 1. The van der Waals surface area contributed by atoms with Crippen LogP contribution < -0.4 is 10.0 Å². The van der Waals surface area contributed by atoms with Crippen molar-refractivity contribution >= 4 is 33.4 Å². The van der Waals surface area contributed by atoms with Crippen LogP contribution in [0, 0.1) is 17.0 Å². The number of sulfonamides is 1. The standard InChI is InChI=1S/C25H23N3O8S/c1-17-7-13-21(14-8-17)37(34,35)27-15-22(29)26-16-23(30)36-25(24(31)18-5-3-2-4-6-18)19-9-11-20(12-10-19)28(32)33/h2-14,25,27H,15-16H2,1H3,(H,26,29)/t25-/m1/s1. The molecule has 3 rings (SSSR count). The minimum absolute atomic E-state index is 0.0179. The molecule has 0 saturated heterocycles. The van der Waals surface area contributed by atoms with Crippen LogP contribution in [0.15, 0.2) is 83.8 Å². The normalized spacial score (nSPS) is 11.8. The Morgan fingerprint density at radius 2 is 1.54 bits per heavy atom. The molecule has 0 aliphatic heterocycles. The number of nitrogens with one attached hydrogen (secondary N) is 2. The van der Waals surface area contributed by atoms with Crippen molar-refractivity contribution in [2.75, 3.05) is 13.1 Å². The van der Waals surface area contributed by atoms with Crippen LogP contribution in [-0.4, -0.2) is 44.1 Å². The molecule has 192 valence electrons. The average Bonchev–Trinajstić information content (AvgIpc) is 2.90. The van der Waals surface area contributed by atoms with Gasteiger partial charge in [0.2, 0.25) is 21.7 Å². The topological polar surface area (TPSA) is 162 Å². The lowest BCUT2D eigenvalue weighted by Gasteiger charge is -2.18. The zero-order valence-electron chi connectivity index (χ0n) is 19.6. The van der Waals surface area contributed by atoms with Crippen LogP contribution in [0.1, 0.15) is 27.6 Å². The van der Waals surface area contributed by atoms with E-state index in [1.54, 1.807) is 37.3 Å². The number of ketones is 1. The zero-order chi connectivity index (χ0) is 27.0. The summed E-state index contributed by atoms with van der Waals surface area (Å²) in [7, 11) is -3.94. The van der Waals surface area contributed by atoms with Crippen LogP contribution in [0.25, 0.3) is 0 Å². The van der Waals surface area contributed by atoms with E-state index in [0.717, 1.165) is 5.56 Å². The first-order chi connectivity index (χ1) is 17.6. The van der Waals surface area contributed by atoms with Crippen molar-refractivity contribution in [3.63, 3.8) is 0 Å². The molecule has 0 heterocycles. The van der Waals surface area contributed by atoms with Gasteiger partial charge < -0.3 is 10.1 Å². The van der Waals surface area contributed by atoms with Gasteiger partial charge >= 0.3 is 5.97 Å². The first-order valence-corrected chi connectivity index (χ1v) is 12.4. The number of amides is 1.